The average molecular weight is 261 g/mol. The van der Waals surface area contributed by atoms with Crippen LogP contribution in [0.5, 0.6) is 0 Å². The fourth-order valence-corrected chi connectivity index (χ4v) is 2.64. The van der Waals surface area contributed by atoms with Gasteiger partial charge in [0.25, 0.3) is 0 Å². The first-order valence-electron chi connectivity index (χ1n) is 6.96. The zero-order valence-corrected chi connectivity index (χ0v) is 12.0. The van der Waals surface area contributed by atoms with Crippen molar-refractivity contribution in [3.63, 3.8) is 0 Å². The number of nitrogens with zero attached hydrogens (tertiary/aromatic N) is 1. The lowest BCUT2D eigenvalue weighted by atomic mass is 9.88. The van der Waals surface area contributed by atoms with Gasteiger partial charge < -0.3 is 10.0 Å². The smallest absolute Gasteiger partial charge is 0.309 e. The van der Waals surface area contributed by atoms with Crippen molar-refractivity contribution in [1.29, 1.82) is 0 Å². The minimum absolute atomic E-state index is 0.628. The van der Waals surface area contributed by atoms with Gasteiger partial charge in [0, 0.05) is 18.8 Å². The number of carbonyl (C=O) groups is 1. The second-order valence-electron chi connectivity index (χ2n) is 6.32. The van der Waals surface area contributed by atoms with Crippen molar-refractivity contribution in [1.82, 2.24) is 0 Å². The van der Waals surface area contributed by atoms with E-state index in [4.69, 9.17) is 0 Å². The van der Waals surface area contributed by atoms with E-state index >= 15 is 0 Å². The van der Waals surface area contributed by atoms with Crippen molar-refractivity contribution in [3.8, 4) is 0 Å². The number of hydrogen-bond donors (Lipinski definition) is 1. The molecule has 3 heteroatoms. The van der Waals surface area contributed by atoms with Gasteiger partial charge in [-0.1, -0.05) is 25.1 Å². The van der Waals surface area contributed by atoms with E-state index in [1.165, 1.54) is 11.3 Å². The van der Waals surface area contributed by atoms with E-state index in [1.807, 2.05) is 0 Å². The Morgan fingerprint density at radius 2 is 2.11 bits per heavy atom. The summed E-state index contributed by atoms with van der Waals surface area (Å²) in [6.07, 6.45) is 1.79. The molecular formula is C16H23NO2. The largest absolute Gasteiger partial charge is 0.481 e. The van der Waals surface area contributed by atoms with Crippen LogP contribution in [0.3, 0.4) is 0 Å². The van der Waals surface area contributed by atoms with E-state index in [0.717, 1.165) is 19.5 Å². The lowest BCUT2D eigenvalue weighted by Crippen LogP contribution is -2.38. The molecule has 104 valence electrons. The summed E-state index contributed by atoms with van der Waals surface area (Å²) in [6, 6.07) is 8.47. The maximum absolute atomic E-state index is 11.2. The first-order chi connectivity index (χ1) is 8.90. The van der Waals surface area contributed by atoms with E-state index in [9.17, 15) is 9.90 Å². The first-order valence-corrected chi connectivity index (χ1v) is 6.96. The van der Waals surface area contributed by atoms with Crippen LogP contribution in [0, 0.1) is 11.3 Å². The summed E-state index contributed by atoms with van der Waals surface area (Å²) >= 11 is 0. The van der Waals surface area contributed by atoms with Crippen LogP contribution in [0.1, 0.15) is 32.8 Å². The monoisotopic (exact) mass is 261 g/mol. The number of fused-ring (bicyclic) bond motifs is 1. The fourth-order valence-electron chi connectivity index (χ4n) is 2.64. The molecule has 0 aliphatic carbocycles. The van der Waals surface area contributed by atoms with Crippen LogP contribution in [0.25, 0.3) is 0 Å². The Kier molecular flexibility index (Phi) is 3.83. The minimum Gasteiger partial charge on any atom is -0.481 e. The normalized spacial score (nSPS) is 19.1. The second-order valence-corrected chi connectivity index (χ2v) is 6.32. The molecule has 1 aromatic rings. The highest BCUT2D eigenvalue weighted by Crippen LogP contribution is 2.31. The fraction of sp³-hybridized carbons (Fsp3) is 0.562. The Morgan fingerprint density at radius 3 is 2.79 bits per heavy atom. The minimum atomic E-state index is -0.717. The highest BCUT2D eigenvalue weighted by molar-refractivity contribution is 5.73. The third kappa shape index (κ3) is 3.09. The predicted molar refractivity (Wildman–Crippen MR) is 77.6 cm³/mol. The van der Waals surface area contributed by atoms with Gasteiger partial charge in [-0.2, -0.15) is 0 Å². The summed E-state index contributed by atoms with van der Waals surface area (Å²) in [6.45, 7) is 7.68. The van der Waals surface area contributed by atoms with Gasteiger partial charge in [-0.3, -0.25) is 4.79 Å². The van der Waals surface area contributed by atoms with Gasteiger partial charge >= 0.3 is 5.97 Å². The van der Waals surface area contributed by atoms with Gasteiger partial charge in [0.15, 0.2) is 0 Å². The van der Waals surface area contributed by atoms with Crippen molar-refractivity contribution in [2.45, 2.75) is 33.6 Å². The molecule has 1 atom stereocenters. The maximum atomic E-state index is 11.2. The molecule has 19 heavy (non-hydrogen) atoms. The summed E-state index contributed by atoms with van der Waals surface area (Å²) in [5.74, 6) is -0.0892. The van der Waals surface area contributed by atoms with Crippen LogP contribution < -0.4 is 4.90 Å². The van der Waals surface area contributed by atoms with Crippen molar-refractivity contribution in [2.24, 2.45) is 11.3 Å². The van der Waals surface area contributed by atoms with Crippen LogP contribution in [0.4, 0.5) is 5.69 Å². The van der Waals surface area contributed by atoms with Gasteiger partial charge in [0.2, 0.25) is 0 Å². The van der Waals surface area contributed by atoms with Gasteiger partial charge in [-0.05, 0) is 44.2 Å². The zero-order chi connectivity index (χ0) is 14.0. The van der Waals surface area contributed by atoms with Gasteiger partial charge in [-0.15, -0.1) is 0 Å². The first kappa shape index (κ1) is 13.9. The molecule has 1 unspecified atom stereocenters. The Labute approximate surface area is 115 Å². The maximum Gasteiger partial charge on any atom is 0.309 e. The summed E-state index contributed by atoms with van der Waals surface area (Å²) in [5, 5.41) is 9.20. The third-order valence-corrected chi connectivity index (χ3v) is 4.02. The van der Waals surface area contributed by atoms with E-state index in [2.05, 4.69) is 36.1 Å². The molecule has 0 spiro atoms. The number of carboxylic acid groups (broad SMARTS) is 1. The molecule has 0 aromatic heterocycles. The molecule has 1 N–H and O–H groups in total. The number of carboxylic acids is 1. The highest BCUT2D eigenvalue weighted by Gasteiger charge is 2.29. The van der Waals surface area contributed by atoms with Crippen LogP contribution in [-0.4, -0.2) is 24.2 Å². The highest BCUT2D eigenvalue weighted by atomic mass is 16.4. The number of rotatable bonds is 4. The molecule has 0 saturated heterocycles. The quantitative estimate of drug-likeness (QED) is 0.905. The Morgan fingerprint density at radius 1 is 1.42 bits per heavy atom. The molecule has 1 aliphatic rings. The van der Waals surface area contributed by atoms with Crippen molar-refractivity contribution in [3.05, 3.63) is 29.8 Å². The molecule has 1 heterocycles. The number of para-hydroxylation sites is 1. The lowest BCUT2D eigenvalue weighted by molar-refractivity contribution is -0.147. The van der Waals surface area contributed by atoms with Crippen molar-refractivity contribution >= 4 is 11.7 Å². The van der Waals surface area contributed by atoms with Crippen LogP contribution in [0.2, 0.25) is 0 Å². The summed E-state index contributed by atoms with van der Waals surface area (Å²) in [7, 11) is 0. The summed E-state index contributed by atoms with van der Waals surface area (Å²) in [5.41, 5.74) is 2.01. The Balaban J connectivity index is 2.11. The zero-order valence-electron chi connectivity index (χ0n) is 12.0. The number of benzene rings is 1. The molecule has 0 amide bonds. The molecule has 3 nitrogen and oxygen atoms in total. The van der Waals surface area contributed by atoms with Gasteiger partial charge in [-0.25, -0.2) is 0 Å². The Hall–Kier alpha value is -1.51. The second kappa shape index (κ2) is 5.24. The molecule has 2 rings (SSSR count). The van der Waals surface area contributed by atoms with E-state index in [-0.39, 0.29) is 0 Å². The van der Waals surface area contributed by atoms with E-state index in [0.29, 0.717) is 12.3 Å². The molecule has 0 radical (unpaired) electrons. The molecule has 0 saturated carbocycles. The lowest BCUT2D eigenvalue weighted by Gasteiger charge is -2.36. The summed E-state index contributed by atoms with van der Waals surface area (Å²) < 4.78 is 0. The van der Waals surface area contributed by atoms with E-state index in [1.54, 1.807) is 13.8 Å². The van der Waals surface area contributed by atoms with E-state index < -0.39 is 11.4 Å². The van der Waals surface area contributed by atoms with Gasteiger partial charge in [0.05, 0.1) is 5.41 Å². The number of anilines is 1. The molecule has 1 aromatic carbocycles. The predicted octanol–water partition coefficient (Wildman–Crippen LogP) is 3.19. The number of aliphatic carboxylic acids is 1. The summed E-state index contributed by atoms with van der Waals surface area (Å²) in [4.78, 5) is 13.5. The van der Waals surface area contributed by atoms with Gasteiger partial charge in [0.1, 0.15) is 0 Å². The molecular weight excluding hydrogens is 238 g/mol. The third-order valence-electron chi connectivity index (χ3n) is 4.02. The number of hydrogen-bond acceptors (Lipinski definition) is 2. The molecule has 0 fully saturated rings. The van der Waals surface area contributed by atoms with Crippen LogP contribution in [-0.2, 0) is 11.2 Å². The Bertz CT molecular complexity index is 468. The average Bonchev–Trinajstić information content (AvgIpc) is 2.35. The molecule has 1 aliphatic heterocycles. The van der Waals surface area contributed by atoms with Crippen LogP contribution >= 0.6 is 0 Å². The van der Waals surface area contributed by atoms with Crippen molar-refractivity contribution < 1.29 is 9.90 Å². The van der Waals surface area contributed by atoms with Crippen LogP contribution in [0.15, 0.2) is 24.3 Å². The topological polar surface area (TPSA) is 40.5 Å². The van der Waals surface area contributed by atoms with Crippen molar-refractivity contribution in [2.75, 3.05) is 18.0 Å². The standard InChI is InChI=1S/C16H23NO2/c1-12-10-13-6-4-5-7-14(13)17(11-12)9-8-16(2,3)15(18)19/h4-7,12H,8-11H2,1-3H3,(H,18,19). The SMILES string of the molecule is CC1Cc2ccccc2N(CCC(C)(C)C(=O)O)C1. The molecule has 0 bridgehead atoms.